The predicted octanol–water partition coefficient (Wildman–Crippen LogP) is 1.84. The molecule has 15 heavy (non-hydrogen) atoms. The molecule has 0 radical (unpaired) electrons. The van der Waals surface area contributed by atoms with Gasteiger partial charge in [0.15, 0.2) is 0 Å². The zero-order chi connectivity index (χ0) is 10.7. The van der Waals surface area contributed by atoms with Crippen LogP contribution in [0.1, 0.15) is 10.4 Å². The Morgan fingerprint density at radius 2 is 2.20 bits per heavy atom. The van der Waals surface area contributed by atoms with Crippen molar-refractivity contribution in [2.45, 2.75) is 0 Å². The van der Waals surface area contributed by atoms with Gasteiger partial charge in [-0.25, -0.2) is 0 Å². The molecular weight excluding hydrogens is 236 g/mol. The molecule has 0 fully saturated rings. The second-order valence-electron chi connectivity index (χ2n) is 2.60. The van der Waals surface area contributed by atoms with Crippen LogP contribution in [0.2, 0.25) is 5.02 Å². The average molecular weight is 241 g/mol. The fourth-order valence-corrected chi connectivity index (χ4v) is 1.57. The molecule has 0 atom stereocenters. The highest BCUT2D eigenvalue weighted by molar-refractivity contribution is 7.09. The first-order chi connectivity index (χ1) is 7.27. The van der Waals surface area contributed by atoms with E-state index in [4.69, 9.17) is 11.6 Å². The van der Waals surface area contributed by atoms with Gasteiger partial charge in [-0.1, -0.05) is 33.3 Å². The molecule has 0 bridgehead atoms. The molecule has 1 heterocycles. The van der Waals surface area contributed by atoms with Crippen molar-refractivity contribution < 1.29 is 4.79 Å². The number of benzene rings is 1. The largest absolute Gasteiger partial charge is 0.295 e. The minimum atomic E-state index is -0.320. The van der Waals surface area contributed by atoms with E-state index in [9.17, 15) is 4.79 Å². The summed E-state index contributed by atoms with van der Waals surface area (Å²) in [4.78, 5) is 11.6. The first-order valence-corrected chi connectivity index (χ1v) is 5.13. The Kier molecular flexibility index (Phi) is 2.89. The molecule has 1 aromatic heterocycles. The molecule has 0 unspecified atom stereocenters. The van der Waals surface area contributed by atoms with Crippen LogP contribution in [0.5, 0.6) is 0 Å². The van der Waals surface area contributed by atoms with Crippen LogP contribution < -0.4 is 5.32 Å². The van der Waals surface area contributed by atoms with E-state index in [1.165, 1.54) is 0 Å². The van der Waals surface area contributed by atoms with Gasteiger partial charge < -0.3 is 0 Å². The molecule has 2 aromatic rings. The van der Waals surface area contributed by atoms with E-state index in [2.05, 4.69) is 20.1 Å². The predicted molar refractivity (Wildman–Crippen MR) is 57.1 cm³/mol. The van der Waals surface area contributed by atoms with Gasteiger partial charge >= 0.3 is 0 Å². The van der Waals surface area contributed by atoms with E-state index in [-0.39, 0.29) is 5.91 Å². The number of halogens is 1. The number of rotatable bonds is 2. The lowest BCUT2D eigenvalue weighted by atomic mass is 10.2. The van der Waals surface area contributed by atoms with Crippen LogP contribution >= 0.6 is 23.1 Å². The van der Waals surface area contributed by atoms with Crippen LogP contribution in [0.3, 0.4) is 0 Å². The van der Waals surface area contributed by atoms with Crippen molar-refractivity contribution in [3.8, 4) is 0 Å². The van der Waals surface area contributed by atoms with E-state index in [1.54, 1.807) is 24.3 Å². The highest BCUT2D eigenvalue weighted by Crippen LogP contribution is 2.16. The monoisotopic (exact) mass is 240 g/mol. The smallest absolute Gasteiger partial charge is 0.259 e. The number of hydrogen-bond donors (Lipinski definition) is 1. The quantitative estimate of drug-likeness (QED) is 0.870. The van der Waals surface area contributed by atoms with E-state index in [1.807, 2.05) is 0 Å². The Morgan fingerprint density at radius 1 is 1.40 bits per heavy atom. The summed E-state index contributed by atoms with van der Waals surface area (Å²) < 4.78 is 3.52. The molecule has 0 saturated heterocycles. The van der Waals surface area contributed by atoms with Crippen LogP contribution in [0, 0.1) is 0 Å². The van der Waals surface area contributed by atoms with Crippen LogP contribution in [0.25, 0.3) is 0 Å². The molecule has 1 N–H and O–H groups in total. The van der Waals surface area contributed by atoms with Gasteiger partial charge in [-0.15, -0.1) is 0 Å². The minimum Gasteiger partial charge on any atom is -0.295 e. The fourth-order valence-electron chi connectivity index (χ4n) is 0.992. The Hall–Kier alpha value is -1.53. The Bertz CT molecular complexity index is 473. The highest BCUT2D eigenvalue weighted by atomic mass is 35.5. The Balaban J connectivity index is 2.19. The normalized spacial score (nSPS) is 9.93. The zero-order valence-corrected chi connectivity index (χ0v) is 8.92. The summed E-state index contributed by atoms with van der Waals surface area (Å²) in [6, 6.07) is 6.77. The van der Waals surface area contributed by atoms with Gasteiger partial charge in [-0.3, -0.25) is 10.1 Å². The molecule has 0 aliphatic carbocycles. The van der Waals surface area contributed by atoms with Gasteiger partial charge in [0.2, 0.25) is 5.13 Å². The van der Waals surface area contributed by atoms with Gasteiger partial charge in [0, 0.05) is 11.5 Å². The van der Waals surface area contributed by atoms with Crippen molar-refractivity contribution in [3.63, 3.8) is 0 Å². The van der Waals surface area contributed by atoms with Crippen LogP contribution in [-0.2, 0) is 0 Å². The standard InChI is InChI=1S/C8H5ClN4OS/c9-6-4-2-1-3-5(6)7(14)10-8-11-12-13-15-8/h1-4H,(H,10,11,13,14). The van der Waals surface area contributed by atoms with Crippen molar-refractivity contribution >= 4 is 34.2 Å². The number of hydrogen-bond acceptors (Lipinski definition) is 5. The summed E-state index contributed by atoms with van der Waals surface area (Å²) >= 11 is 6.85. The molecular formula is C8H5ClN4OS. The molecule has 0 spiro atoms. The van der Waals surface area contributed by atoms with Crippen molar-refractivity contribution in [1.82, 2.24) is 14.8 Å². The van der Waals surface area contributed by atoms with Crippen molar-refractivity contribution in [2.24, 2.45) is 0 Å². The lowest BCUT2D eigenvalue weighted by molar-refractivity contribution is 0.102. The lowest BCUT2D eigenvalue weighted by Crippen LogP contribution is -2.12. The summed E-state index contributed by atoms with van der Waals surface area (Å²) in [6.07, 6.45) is 0. The maximum Gasteiger partial charge on any atom is 0.259 e. The molecule has 1 amide bonds. The van der Waals surface area contributed by atoms with Gasteiger partial charge in [0.25, 0.3) is 5.91 Å². The van der Waals surface area contributed by atoms with E-state index in [0.717, 1.165) is 11.5 Å². The van der Waals surface area contributed by atoms with Gasteiger partial charge in [0.1, 0.15) is 0 Å². The van der Waals surface area contributed by atoms with E-state index in [0.29, 0.717) is 15.7 Å². The molecule has 2 rings (SSSR count). The first-order valence-electron chi connectivity index (χ1n) is 3.98. The maximum atomic E-state index is 11.6. The van der Waals surface area contributed by atoms with Crippen molar-refractivity contribution in [2.75, 3.05) is 5.32 Å². The van der Waals surface area contributed by atoms with Crippen LogP contribution in [-0.4, -0.2) is 20.7 Å². The highest BCUT2D eigenvalue weighted by Gasteiger charge is 2.11. The summed E-state index contributed by atoms with van der Waals surface area (Å²) in [5, 5.41) is 10.2. The van der Waals surface area contributed by atoms with E-state index < -0.39 is 0 Å². The van der Waals surface area contributed by atoms with Crippen LogP contribution in [0.4, 0.5) is 5.13 Å². The first kappa shape index (κ1) is 10.0. The molecule has 5 nitrogen and oxygen atoms in total. The summed E-state index contributed by atoms with van der Waals surface area (Å²) in [5.74, 6) is -0.320. The fraction of sp³-hybridized carbons (Fsp3) is 0. The number of aromatic nitrogens is 3. The third kappa shape index (κ3) is 2.28. The van der Waals surface area contributed by atoms with Crippen molar-refractivity contribution in [1.29, 1.82) is 0 Å². The van der Waals surface area contributed by atoms with Gasteiger partial charge in [0.05, 0.1) is 10.6 Å². The molecule has 0 saturated carbocycles. The molecule has 1 aromatic carbocycles. The Morgan fingerprint density at radius 3 is 2.87 bits per heavy atom. The summed E-state index contributed by atoms with van der Waals surface area (Å²) in [6.45, 7) is 0. The van der Waals surface area contributed by atoms with Crippen LogP contribution in [0.15, 0.2) is 24.3 Å². The van der Waals surface area contributed by atoms with Gasteiger partial charge in [-0.2, -0.15) is 0 Å². The second-order valence-corrected chi connectivity index (χ2v) is 3.74. The molecule has 7 heteroatoms. The van der Waals surface area contributed by atoms with Crippen molar-refractivity contribution in [3.05, 3.63) is 34.9 Å². The maximum absolute atomic E-state index is 11.6. The number of carbonyl (C=O) groups excluding carboxylic acids is 1. The number of nitrogens with one attached hydrogen (secondary N) is 1. The summed E-state index contributed by atoms with van der Waals surface area (Å²) in [5.41, 5.74) is 0.398. The zero-order valence-electron chi connectivity index (χ0n) is 7.35. The second kappa shape index (κ2) is 4.33. The average Bonchev–Trinajstić information content (AvgIpc) is 2.71. The van der Waals surface area contributed by atoms with Gasteiger partial charge in [-0.05, 0) is 17.3 Å². The number of anilines is 1. The number of nitrogens with zero attached hydrogens (tertiary/aromatic N) is 3. The third-order valence-corrected chi connectivity index (χ3v) is 2.48. The topological polar surface area (TPSA) is 67.8 Å². The molecule has 0 aliphatic heterocycles. The Labute approximate surface area is 94.2 Å². The number of amides is 1. The molecule has 76 valence electrons. The van der Waals surface area contributed by atoms with E-state index >= 15 is 0 Å². The number of carbonyl (C=O) groups is 1. The lowest BCUT2D eigenvalue weighted by Gasteiger charge is -2.01. The third-order valence-electron chi connectivity index (χ3n) is 1.64. The summed E-state index contributed by atoms with van der Waals surface area (Å²) in [7, 11) is 0. The minimum absolute atomic E-state index is 0.320. The molecule has 0 aliphatic rings. The SMILES string of the molecule is O=C(Nc1nnns1)c1ccccc1Cl.